The summed E-state index contributed by atoms with van der Waals surface area (Å²) in [4.78, 5) is 11.8. The van der Waals surface area contributed by atoms with E-state index in [4.69, 9.17) is 0 Å². The summed E-state index contributed by atoms with van der Waals surface area (Å²) in [7, 11) is -3.80. The summed E-state index contributed by atoms with van der Waals surface area (Å²) in [5.74, 6) is 0. The van der Waals surface area contributed by atoms with Crippen LogP contribution in [0.4, 0.5) is 4.79 Å². The minimum Gasteiger partial charge on any atom is -0.335 e. The van der Waals surface area contributed by atoms with Crippen molar-refractivity contribution in [1.29, 1.82) is 0 Å². The Morgan fingerprint density at radius 2 is 1.77 bits per heavy atom. The van der Waals surface area contributed by atoms with E-state index in [0.717, 1.165) is 36.7 Å². The fourth-order valence-corrected chi connectivity index (χ4v) is 3.60. The number of carbonyl (C=O) groups excluding carboxylic acids is 1. The summed E-state index contributed by atoms with van der Waals surface area (Å²) in [5, 5.41) is 3.82. The Balaban J connectivity index is 1.96. The number of hydrogen-bond acceptors (Lipinski definition) is 3. The summed E-state index contributed by atoms with van der Waals surface area (Å²) in [6.07, 6.45) is 5.14. The predicted molar refractivity (Wildman–Crippen MR) is 87.6 cm³/mol. The van der Waals surface area contributed by atoms with Crippen molar-refractivity contribution in [1.82, 2.24) is 10.0 Å². The van der Waals surface area contributed by atoms with Gasteiger partial charge in [0, 0.05) is 6.04 Å². The van der Waals surface area contributed by atoms with E-state index in [-0.39, 0.29) is 6.04 Å². The third-order valence-electron chi connectivity index (χ3n) is 3.74. The standard InChI is InChI=1S/C16H22N2O3S/c1-13(14-8-4-2-5-9-14)12-22(20,21)18-16(19)17-15-10-6-3-7-11-15/h2,4-5,8-9,12,15H,3,6-7,10-11H2,1H3,(H2,17,18,19). The molecule has 0 aliphatic heterocycles. The maximum Gasteiger partial charge on any atom is 0.328 e. The number of rotatable bonds is 4. The van der Waals surface area contributed by atoms with E-state index in [2.05, 4.69) is 10.0 Å². The third-order valence-corrected chi connectivity index (χ3v) is 4.87. The second-order valence-electron chi connectivity index (χ2n) is 5.62. The van der Waals surface area contributed by atoms with Gasteiger partial charge in [0.25, 0.3) is 10.0 Å². The molecule has 1 saturated carbocycles. The molecule has 1 aliphatic rings. The molecule has 2 N–H and O–H groups in total. The normalized spacial score (nSPS) is 17.0. The van der Waals surface area contributed by atoms with E-state index in [0.29, 0.717) is 5.57 Å². The Bertz CT molecular complexity index is 633. The minimum atomic E-state index is -3.80. The van der Waals surface area contributed by atoms with Crippen molar-refractivity contribution in [3.8, 4) is 0 Å². The second-order valence-corrected chi connectivity index (χ2v) is 7.15. The molecule has 0 aromatic heterocycles. The van der Waals surface area contributed by atoms with Gasteiger partial charge in [-0.2, -0.15) is 0 Å². The molecule has 2 rings (SSSR count). The molecule has 5 nitrogen and oxygen atoms in total. The van der Waals surface area contributed by atoms with Gasteiger partial charge in [0.2, 0.25) is 0 Å². The first-order chi connectivity index (χ1) is 10.5. The van der Waals surface area contributed by atoms with Gasteiger partial charge in [0.1, 0.15) is 0 Å². The topological polar surface area (TPSA) is 75.3 Å². The van der Waals surface area contributed by atoms with Crippen LogP contribution in [0.15, 0.2) is 35.7 Å². The number of sulfonamides is 1. The Hall–Kier alpha value is -1.82. The molecule has 22 heavy (non-hydrogen) atoms. The van der Waals surface area contributed by atoms with Gasteiger partial charge in [-0.25, -0.2) is 17.9 Å². The molecule has 0 unspecified atom stereocenters. The number of urea groups is 1. The van der Waals surface area contributed by atoms with Crippen molar-refractivity contribution >= 4 is 21.6 Å². The smallest absolute Gasteiger partial charge is 0.328 e. The van der Waals surface area contributed by atoms with Gasteiger partial charge in [0.15, 0.2) is 0 Å². The highest BCUT2D eigenvalue weighted by Gasteiger charge is 2.18. The molecule has 0 radical (unpaired) electrons. The molecule has 0 heterocycles. The van der Waals surface area contributed by atoms with Gasteiger partial charge in [0.05, 0.1) is 5.41 Å². The number of amides is 2. The average Bonchev–Trinajstić information content (AvgIpc) is 2.48. The van der Waals surface area contributed by atoms with Gasteiger partial charge in [-0.15, -0.1) is 0 Å². The Kier molecular flexibility index (Phi) is 5.60. The molecule has 6 heteroatoms. The fourth-order valence-electron chi connectivity index (χ4n) is 2.62. The Labute approximate surface area is 131 Å². The molecular formula is C16H22N2O3S. The van der Waals surface area contributed by atoms with E-state index in [9.17, 15) is 13.2 Å². The number of benzene rings is 1. The molecule has 1 aromatic rings. The lowest BCUT2D eigenvalue weighted by molar-refractivity contribution is 0.238. The zero-order valence-electron chi connectivity index (χ0n) is 12.7. The quantitative estimate of drug-likeness (QED) is 0.895. The summed E-state index contributed by atoms with van der Waals surface area (Å²) in [6.45, 7) is 1.70. The van der Waals surface area contributed by atoms with Crippen molar-refractivity contribution in [3.63, 3.8) is 0 Å². The molecule has 0 atom stereocenters. The first-order valence-electron chi connectivity index (χ1n) is 7.53. The summed E-state index contributed by atoms with van der Waals surface area (Å²) < 4.78 is 26.1. The van der Waals surface area contributed by atoms with Gasteiger partial charge in [-0.05, 0) is 30.9 Å². The highest BCUT2D eigenvalue weighted by atomic mass is 32.2. The fraction of sp³-hybridized carbons (Fsp3) is 0.438. The Morgan fingerprint density at radius 1 is 1.14 bits per heavy atom. The van der Waals surface area contributed by atoms with E-state index < -0.39 is 16.1 Å². The van der Waals surface area contributed by atoms with E-state index in [1.807, 2.05) is 30.3 Å². The van der Waals surface area contributed by atoms with Crippen LogP contribution in [0.25, 0.3) is 5.57 Å². The molecular weight excluding hydrogens is 300 g/mol. The van der Waals surface area contributed by atoms with Crippen LogP contribution in [0.2, 0.25) is 0 Å². The van der Waals surface area contributed by atoms with Gasteiger partial charge >= 0.3 is 6.03 Å². The summed E-state index contributed by atoms with van der Waals surface area (Å²) in [6, 6.07) is 8.60. The zero-order valence-corrected chi connectivity index (χ0v) is 13.5. The lowest BCUT2D eigenvalue weighted by Gasteiger charge is -2.22. The van der Waals surface area contributed by atoms with Crippen LogP contribution in [0.3, 0.4) is 0 Å². The zero-order chi connectivity index (χ0) is 16.0. The molecule has 1 aromatic carbocycles. The van der Waals surface area contributed by atoms with Crippen LogP contribution in [0.5, 0.6) is 0 Å². The van der Waals surface area contributed by atoms with Crippen LogP contribution < -0.4 is 10.0 Å². The first kappa shape index (κ1) is 16.5. The highest BCUT2D eigenvalue weighted by molar-refractivity contribution is 7.93. The van der Waals surface area contributed by atoms with Crippen molar-refractivity contribution in [2.45, 2.75) is 45.1 Å². The number of nitrogens with one attached hydrogen (secondary N) is 2. The van der Waals surface area contributed by atoms with Crippen LogP contribution in [-0.4, -0.2) is 20.5 Å². The van der Waals surface area contributed by atoms with Crippen molar-refractivity contribution < 1.29 is 13.2 Å². The summed E-state index contributed by atoms with van der Waals surface area (Å²) >= 11 is 0. The van der Waals surface area contributed by atoms with Crippen LogP contribution >= 0.6 is 0 Å². The SMILES string of the molecule is CC(=CS(=O)(=O)NC(=O)NC1CCCCC1)c1ccccc1. The van der Waals surface area contributed by atoms with E-state index in [1.165, 1.54) is 6.42 Å². The molecule has 0 bridgehead atoms. The van der Waals surface area contributed by atoms with Crippen molar-refractivity contribution in [2.24, 2.45) is 0 Å². The van der Waals surface area contributed by atoms with Gasteiger partial charge in [-0.1, -0.05) is 49.6 Å². The predicted octanol–water partition coefficient (Wildman–Crippen LogP) is 3.01. The number of hydrogen-bond donors (Lipinski definition) is 2. The van der Waals surface area contributed by atoms with Crippen molar-refractivity contribution in [2.75, 3.05) is 0 Å². The average molecular weight is 322 g/mol. The third kappa shape index (κ3) is 5.18. The van der Waals surface area contributed by atoms with E-state index >= 15 is 0 Å². The molecule has 2 amide bonds. The minimum absolute atomic E-state index is 0.0724. The van der Waals surface area contributed by atoms with E-state index in [1.54, 1.807) is 6.92 Å². The monoisotopic (exact) mass is 322 g/mol. The summed E-state index contributed by atoms with van der Waals surface area (Å²) in [5.41, 5.74) is 1.39. The van der Waals surface area contributed by atoms with Crippen LogP contribution in [0.1, 0.15) is 44.6 Å². The van der Waals surface area contributed by atoms with Gasteiger partial charge in [-0.3, -0.25) is 0 Å². The molecule has 0 saturated heterocycles. The van der Waals surface area contributed by atoms with Crippen molar-refractivity contribution in [3.05, 3.63) is 41.3 Å². The highest BCUT2D eigenvalue weighted by Crippen LogP contribution is 2.17. The lowest BCUT2D eigenvalue weighted by Crippen LogP contribution is -2.44. The maximum atomic E-state index is 12.0. The Morgan fingerprint density at radius 3 is 2.41 bits per heavy atom. The molecule has 1 fully saturated rings. The second kappa shape index (κ2) is 7.45. The first-order valence-corrected chi connectivity index (χ1v) is 9.08. The lowest BCUT2D eigenvalue weighted by atomic mass is 9.96. The largest absolute Gasteiger partial charge is 0.335 e. The van der Waals surface area contributed by atoms with Gasteiger partial charge < -0.3 is 5.32 Å². The maximum absolute atomic E-state index is 12.0. The molecule has 0 spiro atoms. The molecule has 120 valence electrons. The van der Waals surface area contributed by atoms with Crippen LogP contribution in [0, 0.1) is 0 Å². The molecule has 1 aliphatic carbocycles. The number of carbonyl (C=O) groups is 1. The van der Waals surface area contributed by atoms with Crippen LogP contribution in [-0.2, 0) is 10.0 Å². The number of allylic oxidation sites excluding steroid dienone is 1.